The molecule has 9 nitrogen and oxygen atoms in total. The summed E-state index contributed by atoms with van der Waals surface area (Å²) in [6, 6.07) is 8.45. The van der Waals surface area contributed by atoms with Gasteiger partial charge in [-0.05, 0) is 37.1 Å². The molecular formula is C26H26F3N7O2S. The van der Waals surface area contributed by atoms with Gasteiger partial charge in [0.2, 0.25) is 0 Å². The Bertz CT molecular complexity index is 1470. The topological polar surface area (TPSA) is 143 Å². The van der Waals surface area contributed by atoms with Gasteiger partial charge in [0.15, 0.2) is 0 Å². The number of primary amides is 1. The van der Waals surface area contributed by atoms with Crippen molar-refractivity contribution in [2.45, 2.75) is 31.2 Å². The molecule has 1 atom stereocenters. The summed E-state index contributed by atoms with van der Waals surface area (Å²) in [6.45, 7) is 1.24. The number of carbonyl (C=O) groups excluding carboxylic acids is 1. The third kappa shape index (κ3) is 5.65. The highest BCUT2D eigenvalue weighted by Gasteiger charge is 2.37. The quantitative estimate of drug-likeness (QED) is 0.269. The fourth-order valence-electron chi connectivity index (χ4n) is 4.67. The molecule has 1 aliphatic heterocycles. The number of nitrogen functional groups attached to an aromatic ring is 1. The number of aliphatic hydroxyl groups excluding tert-OH is 1. The van der Waals surface area contributed by atoms with Crippen LogP contribution in [0.1, 0.15) is 39.7 Å². The second-order valence-electron chi connectivity index (χ2n) is 9.32. The second kappa shape index (κ2) is 10.8. The van der Waals surface area contributed by atoms with Crippen molar-refractivity contribution in [3.8, 4) is 11.3 Å². The number of nitrogens with two attached hydrogens (primary N) is 2. The van der Waals surface area contributed by atoms with Gasteiger partial charge < -0.3 is 26.8 Å². The van der Waals surface area contributed by atoms with E-state index in [1.54, 1.807) is 23.5 Å². The summed E-state index contributed by atoms with van der Waals surface area (Å²) in [7, 11) is 0. The first-order chi connectivity index (χ1) is 18.6. The third-order valence-electron chi connectivity index (χ3n) is 6.76. The molecule has 1 aliphatic rings. The van der Waals surface area contributed by atoms with E-state index >= 15 is 0 Å². The van der Waals surface area contributed by atoms with Crippen molar-refractivity contribution >= 4 is 39.0 Å². The van der Waals surface area contributed by atoms with Crippen LogP contribution in [0.4, 0.5) is 24.7 Å². The molecule has 0 aromatic carbocycles. The summed E-state index contributed by atoms with van der Waals surface area (Å²) in [6.07, 6.45) is 0.891. The molecule has 0 bridgehead atoms. The molecule has 0 radical (unpaired) electrons. The van der Waals surface area contributed by atoms with Crippen LogP contribution in [-0.4, -0.2) is 51.6 Å². The predicted octanol–water partition coefficient (Wildman–Crippen LogP) is 3.75. The van der Waals surface area contributed by atoms with Gasteiger partial charge in [-0.2, -0.15) is 13.2 Å². The summed E-state index contributed by atoms with van der Waals surface area (Å²) in [5.41, 5.74) is 12.2. The first kappa shape index (κ1) is 26.8. The van der Waals surface area contributed by atoms with E-state index in [2.05, 4.69) is 20.3 Å². The molecule has 1 fully saturated rings. The van der Waals surface area contributed by atoms with E-state index < -0.39 is 23.8 Å². The summed E-state index contributed by atoms with van der Waals surface area (Å²) >= 11 is 0.764. The fourth-order valence-corrected chi connectivity index (χ4v) is 5.64. The number of hydrogen-bond donors (Lipinski definition) is 4. The highest BCUT2D eigenvalue weighted by molar-refractivity contribution is 7.21. The van der Waals surface area contributed by atoms with Gasteiger partial charge in [-0.3, -0.25) is 14.8 Å². The number of thiophene rings is 1. The number of amides is 1. The molecule has 4 aromatic rings. The van der Waals surface area contributed by atoms with Gasteiger partial charge in [-0.25, -0.2) is 4.98 Å². The van der Waals surface area contributed by atoms with Crippen molar-refractivity contribution in [2.75, 3.05) is 30.3 Å². The number of carbonyl (C=O) groups is 1. The van der Waals surface area contributed by atoms with Crippen LogP contribution < -0.4 is 21.7 Å². The largest absolute Gasteiger partial charge is 0.417 e. The number of nitrogens with one attached hydrogen (secondary N) is 1. The Morgan fingerprint density at radius 3 is 2.62 bits per heavy atom. The van der Waals surface area contributed by atoms with Crippen LogP contribution in [0.5, 0.6) is 0 Å². The summed E-state index contributed by atoms with van der Waals surface area (Å²) in [4.78, 5) is 26.2. The van der Waals surface area contributed by atoms with Crippen molar-refractivity contribution < 1.29 is 23.1 Å². The van der Waals surface area contributed by atoms with E-state index in [1.807, 2.05) is 24.3 Å². The lowest BCUT2D eigenvalue weighted by Crippen LogP contribution is -2.44. The number of nitrogens with zero attached hydrogens (tertiary/aromatic N) is 4. The number of alkyl halides is 3. The average Bonchev–Trinajstić information content (AvgIpc) is 3.28. The average molecular weight is 558 g/mol. The maximum absolute atomic E-state index is 13.9. The molecule has 0 saturated carbocycles. The van der Waals surface area contributed by atoms with Crippen LogP contribution in [0.15, 0.2) is 48.9 Å². The number of piperidine rings is 1. The van der Waals surface area contributed by atoms with Crippen LogP contribution in [-0.2, 0) is 6.18 Å². The number of aliphatic hydroxyl groups is 1. The molecule has 0 spiro atoms. The number of pyridine rings is 3. The number of anilines is 2. The summed E-state index contributed by atoms with van der Waals surface area (Å²) in [5, 5.41) is 13.7. The first-order valence-corrected chi connectivity index (χ1v) is 13.1. The van der Waals surface area contributed by atoms with Crippen LogP contribution in [0.3, 0.4) is 0 Å². The van der Waals surface area contributed by atoms with Gasteiger partial charge >= 0.3 is 6.18 Å². The maximum Gasteiger partial charge on any atom is 0.417 e. The van der Waals surface area contributed by atoms with Crippen LogP contribution in [0, 0.1) is 0 Å². The zero-order valence-corrected chi connectivity index (χ0v) is 21.5. The molecule has 0 aliphatic carbocycles. The lowest BCUT2D eigenvalue weighted by atomic mass is 10.0. The molecule has 204 valence electrons. The molecule has 1 amide bonds. The van der Waals surface area contributed by atoms with Crippen molar-refractivity contribution in [3.63, 3.8) is 0 Å². The van der Waals surface area contributed by atoms with Crippen molar-refractivity contribution in [2.24, 2.45) is 5.73 Å². The second-order valence-corrected chi connectivity index (χ2v) is 10.3. The Hall–Kier alpha value is -3.81. The van der Waals surface area contributed by atoms with Gasteiger partial charge in [-0.1, -0.05) is 6.07 Å². The standard InChI is InChI=1S/C26H26F3N7O2S/c27-26(28,29)17-10-20(35-25-21(17)22(30)23(39-25)24(31)38)36-8-5-16(6-9-36)33-13-19(37)15-3-4-18(34-12-15)14-2-1-7-32-11-14/h1-4,7,10-12,16,19,33,37H,5-6,8-9,13,30H2,(H2,31,38). The van der Waals surface area contributed by atoms with E-state index in [4.69, 9.17) is 11.5 Å². The Kier molecular flexibility index (Phi) is 7.38. The highest BCUT2D eigenvalue weighted by Crippen LogP contribution is 2.43. The Balaban J connectivity index is 1.22. The number of rotatable bonds is 7. The van der Waals surface area contributed by atoms with Crippen LogP contribution in [0.25, 0.3) is 21.5 Å². The Labute approximate surface area is 225 Å². The highest BCUT2D eigenvalue weighted by atomic mass is 32.1. The minimum atomic E-state index is -4.68. The van der Waals surface area contributed by atoms with Gasteiger partial charge in [-0.15, -0.1) is 11.3 Å². The van der Waals surface area contributed by atoms with E-state index in [0.717, 1.165) is 28.7 Å². The SMILES string of the molecule is NC(=O)c1sc2nc(N3CCC(NCC(O)c4ccc(-c5cccnc5)nc4)CC3)cc(C(F)(F)F)c2c1N. The molecule has 39 heavy (non-hydrogen) atoms. The predicted molar refractivity (Wildman–Crippen MR) is 143 cm³/mol. The number of fused-ring (bicyclic) bond motifs is 1. The Morgan fingerprint density at radius 2 is 2.00 bits per heavy atom. The summed E-state index contributed by atoms with van der Waals surface area (Å²) in [5.74, 6) is -0.718. The molecular weight excluding hydrogens is 531 g/mol. The minimum absolute atomic E-state index is 0.0256. The lowest BCUT2D eigenvalue weighted by molar-refractivity contribution is -0.136. The zero-order chi connectivity index (χ0) is 27.7. The number of hydrogen-bond acceptors (Lipinski definition) is 9. The van der Waals surface area contributed by atoms with Gasteiger partial charge in [0, 0.05) is 60.8 Å². The lowest BCUT2D eigenvalue weighted by Gasteiger charge is -2.34. The minimum Gasteiger partial charge on any atom is -0.397 e. The van der Waals surface area contributed by atoms with E-state index in [1.165, 1.54) is 0 Å². The van der Waals surface area contributed by atoms with E-state index in [0.29, 0.717) is 38.0 Å². The summed E-state index contributed by atoms with van der Waals surface area (Å²) < 4.78 is 41.7. The van der Waals surface area contributed by atoms with Crippen LogP contribution in [0.2, 0.25) is 0 Å². The molecule has 1 saturated heterocycles. The molecule has 5 rings (SSSR count). The Morgan fingerprint density at radius 1 is 1.23 bits per heavy atom. The van der Waals surface area contributed by atoms with Gasteiger partial charge in [0.1, 0.15) is 15.5 Å². The molecule has 13 heteroatoms. The third-order valence-corrected chi connectivity index (χ3v) is 7.88. The smallest absolute Gasteiger partial charge is 0.397 e. The van der Waals surface area contributed by atoms with Crippen LogP contribution >= 0.6 is 11.3 Å². The monoisotopic (exact) mass is 557 g/mol. The fraction of sp³-hybridized carbons (Fsp3) is 0.308. The van der Waals surface area contributed by atoms with Crippen molar-refractivity contribution in [1.29, 1.82) is 0 Å². The van der Waals surface area contributed by atoms with Crippen molar-refractivity contribution in [3.05, 3.63) is 64.9 Å². The maximum atomic E-state index is 13.9. The molecule has 4 aromatic heterocycles. The molecule has 6 N–H and O–H groups in total. The normalized spacial score (nSPS) is 15.5. The zero-order valence-electron chi connectivity index (χ0n) is 20.7. The molecule has 5 heterocycles. The number of halogens is 3. The first-order valence-electron chi connectivity index (χ1n) is 12.2. The molecule has 1 unspecified atom stereocenters. The van der Waals surface area contributed by atoms with Gasteiger partial charge in [0.05, 0.1) is 23.0 Å². The van der Waals surface area contributed by atoms with Crippen molar-refractivity contribution in [1.82, 2.24) is 20.3 Å². The van der Waals surface area contributed by atoms with E-state index in [-0.39, 0.29) is 32.6 Å². The number of aromatic nitrogens is 3. The van der Waals surface area contributed by atoms with Gasteiger partial charge in [0.25, 0.3) is 5.91 Å². The van der Waals surface area contributed by atoms with E-state index in [9.17, 15) is 23.1 Å².